The second-order valence-corrected chi connectivity index (χ2v) is 6.31. The molecule has 0 saturated heterocycles. The van der Waals surface area contributed by atoms with Crippen LogP contribution in [-0.4, -0.2) is 18.4 Å². The molecule has 0 radical (unpaired) electrons. The van der Waals surface area contributed by atoms with Crippen molar-refractivity contribution in [2.75, 3.05) is 4.72 Å². The summed E-state index contributed by atoms with van der Waals surface area (Å²) in [5, 5.41) is 20.4. The Morgan fingerprint density at radius 3 is 2.50 bits per heavy atom. The van der Waals surface area contributed by atoms with Crippen LogP contribution < -0.4 is 4.72 Å². The van der Waals surface area contributed by atoms with Gasteiger partial charge in [-0.3, -0.25) is 14.8 Å². The Morgan fingerprint density at radius 2 is 1.86 bits per heavy atom. The molecular weight excluding hydrogens is 308 g/mol. The first-order chi connectivity index (χ1) is 10.3. The molecule has 0 bridgehead atoms. The fourth-order valence-corrected chi connectivity index (χ4v) is 3.05. The minimum absolute atomic E-state index is 0.220. The molecule has 0 fully saturated rings. The van der Waals surface area contributed by atoms with E-state index in [1.54, 1.807) is 18.2 Å². The summed E-state index contributed by atoms with van der Waals surface area (Å²) in [7, 11) is -3.99. The Morgan fingerprint density at radius 1 is 1.18 bits per heavy atom. The lowest BCUT2D eigenvalue weighted by Gasteiger charge is -2.14. The summed E-state index contributed by atoms with van der Waals surface area (Å²) in [6, 6.07) is 11.2. The van der Waals surface area contributed by atoms with Gasteiger partial charge in [0.05, 0.1) is 21.6 Å². The van der Waals surface area contributed by atoms with Gasteiger partial charge in [-0.25, -0.2) is 8.42 Å². The van der Waals surface area contributed by atoms with Gasteiger partial charge in [0, 0.05) is 17.7 Å². The summed E-state index contributed by atoms with van der Waals surface area (Å²) in [5.41, 5.74) is 0.326. The first-order valence-electron chi connectivity index (χ1n) is 6.35. The zero-order valence-electron chi connectivity index (χ0n) is 11.6. The number of aliphatic hydroxyl groups excluding tert-OH is 1. The Bertz CT molecular complexity index is 802. The van der Waals surface area contributed by atoms with Crippen LogP contribution >= 0.6 is 0 Å². The lowest BCUT2D eigenvalue weighted by Crippen LogP contribution is -2.15. The van der Waals surface area contributed by atoms with Crippen LogP contribution in [0.4, 0.5) is 11.4 Å². The molecule has 2 rings (SSSR count). The van der Waals surface area contributed by atoms with Gasteiger partial charge in [0.15, 0.2) is 0 Å². The van der Waals surface area contributed by atoms with Gasteiger partial charge in [-0.1, -0.05) is 24.3 Å². The lowest BCUT2D eigenvalue weighted by atomic mass is 10.1. The normalized spacial score (nSPS) is 12.6. The molecule has 2 aromatic rings. The average Bonchev–Trinajstić information content (AvgIpc) is 2.47. The predicted molar refractivity (Wildman–Crippen MR) is 81.0 cm³/mol. The molecule has 0 aliphatic rings. The lowest BCUT2D eigenvalue weighted by molar-refractivity contribution is -0.385. The summed E-state index contributed by atoms with van der Waals surface area (Å²) in [5.74, 6) is 0. The van der Waals surface area contributed by atoms with Crippen molar-refractivity contribution in [3.8, 4) is 0 Å². The highest BCUT2D eigenvalue weighted by Gasteiger charge is 2.19. The molecule has 0 heterocycles. The standard InChI is InChI=1S/C14H14N2O5S/c1-10(17)13-7-2-3-8-14(13)15-22(20,21)12-6-4-5-11(9-12)16(18)19/h2-10,15,17H,1H3. The van der Waals surface area contributed by atoms with Gasteiger partial charge < -0.3 is 5.11 Å². The van der Waals surface area contributed by atoms with Crippen LogP contribution in [0.1, 0.15) is 18.6 Å². The highest BCUT2D eigenvalue weighted by atomic mass is 32.2. The predicted octanol–water partition coefficient (Wildman–Crippen LogP) is 2.45. The van der Waals surface area contributed by atoms with E-state index in [1.807, 2.05) is 0 Å². The second kappa shape index (κ2) is 6.12. The number of rotatable bonds is 5. The Balaban J connectivity index is 2.41. The maximum atomic E-state index is 12.3. The molecule has 0 amide bonds. The number of nitrogens with one attached hydrogen (secondary N) is 1. The number of aliphatic hydroxyl groups is 1. The van der Waals surface area contributed by atoms with E-state index in [0.717, 1.165) is 6.07 Å². The Hall–Kier alpha value is -2.45. The van der Waals surface area contributed by atoms with Gasteiger partial charge in [0.2, 0.25) is 0 Å². The van der Waals surface area contributed by atoms with Gasteiger partial charge in [-0.15, -0.1) is 0 Å². The molecule has 22 heavy (non-hydrogen) atoms. The topological polar surface area (TPSA) is 110 Å². The number of hydrogen-bond acceptors (Lipinski definition) is 5. The SMILES string of the molecule is CC(O)c1ccccc1NS(=O)(=O)c1cccc([N+](=O)[O-])c1. The largest absolute Gasteiger partial charge is 0.389 e. The van der Waals surface area contributed by atoms with E-state index in [2.05, 4.69) is 4.72 Å². The third-order valence-corrected chi connectivity index (χ3v) is 4.36. The highest BCUT2D eigenvalue weighted by Crippen LogP contribution is 2.26. The molecule has 2 N–H and O–H groups in total. The van der Waals surface area contributed by atoms with Gasteiger partial charge in [0.25, 0.3) is 15.7 Å². The van der Waals surface area contributed by atoms with Crippen LogP contribution in [-0.2, 0) is 10.0 Å². The summed E-state index contributed by atoms with van der Waals surface area (Å²) in [4.78, 5) is 9.85. The number of nitrogens with zero attached hydrogens (tertiary/aromatic N) is 1. The molecule has 0 aromatic heterocycles. The van der Waals surface area contributed by atoms with E-state index in [1.165, 1.54) is 31.2 Å². The van der Waals surface area contributed by atoms with Crippen molar-refractivity contribution in [1.82, 2.24) is 0 Å². The third-order valence-electron chi connectivity index (χ3n) is 2.99. The van der Waals surface area contributed by atoms with E-state index in [-0.39, 0.29) is 16.3 Å². The van der Waals surface area contributed by atoms with Crippen molar-refractivity contribution in [2.45, 2.75) is 17.9 Å². The van der Waals surface area contributed by atoms with Gasteiger partial charge >= 0.3 is 0 Å². The fraction of sp³-hybridized carbons (Fsp3) is 0.143. The molecule has 0 aliphatic carbocycles. The molecular formula is C14H14N2O5S. The van der Waals surface area contributed by atoms with Crippen LogP contribution in [0.5, 0.6) is 0 Å². The summed E-state index contributed by atoms with van der Waals surface area (Å²) in [6.45, 7) is 1.51. The van der Waals surface area contributed by atoms with E-state index < -0.39 is 21.1 Å². The zero-order chi connectivity index (χ0) is 16.3. The van der Waals surface area contributed by atoms with Crippen molar-refractivity contribution in [3.05, 3.63) is 64.2 Å². The van der Waals surface area contributed by atoms with E-state index in [4.69, 9.17) is 0 Å². The molecule has 8 heteroatoms. The number of nitro benzene ring substituents is 1. The zero-order valence-corrected chi connectivity index (χ0v) is 12.4. The monoisotopic (exact) mass is 322 g/mol. The van der Waals surface area contributed by atoms with Gasteiger partial charge in [0.1, 0.15) is 0 Å². The van der Waals surface area contributed by atoms with E-state index in [0.29, 0.717) is 5.56 Å². The molecule has 2 aromatic carbocycles. The molecule has 7 nitrogen and oxygen atoms in total. The Kier molecular flexibility index (Phi) is 4.43. The number of hydrogen-bond donors (Lipinski definition) is 2. The fourth-order valence-electron chi connectivity index (χ4n) is 1.92. The summed E-state index contributed by atoms with van der Waals surface area (Å²) in [6.07, 6.45) is -0.857. The number of anilines is 1. The van der Waals surface area contributed by atoms with Crippen molar-refractivity contribution in [2.24, 2.45) is 0 Å². The first kappa shape index (κ1) is 15.9. The van der Waals surface area contributed by atoms with Crippen molar-refractivity contribution in [1.29, 1.82) is 0 Å². The van der Waals surface area contributed by atoms with Crippen LogP contribution in [0.3, 0.4) is 0 Å². The molecule has 0 spiro atoms. The van der Waals surface area contributed by atoms with Crippen LogP contribution in [0.2, 0.25) is 0 Å². The quantitative estimate of drug-likeness (QED) is 0.649. The van der Waals surface area contributed by atoms with E-state index >= 15 is 0 Å². The van der Waals surface area contributed by atoms with Crippen LogP contribution in [0.25, 0.3) is 0 Å². The maximum absolute atomic E-state index is 12.3. The molecule has 0 aliphatic heterocycles. The molecule has 1 unspecified atom stereocenters. The third kappa shape index (κ3) is 3.41. The summed E-state index contributed by atoms with van der Waals surface area (Å²) >= 11 is 0. The van der Waals surface area contributed by atoms with Gasteiger partial charge in [-0.05, 0) is 19.1 Å². The molecule has 0 saturated carbocycles. The van der Waals surface area contributed by atoms with Gasteiger partial charge in [-0.2, -0.15) is 0 Å². The van der Waals surface area contributed by atoms with Crippen molar-refractivity contribution < 1.29 is 18.4 Å². The Labute approximate surface area is 127 Å². The molecule has 1 atom stereocenters. The number of non-ortho nitro benzene ring substituents is 1. The minimum atomic E-state index is -3.99. The second-order valence-electron chi connectivity index (χ2n) is 4.62. The number of para-hydroxylation sites is 1. The number of nitro groups is 1. The molecule has 116 valence electrons. The average molecular weight is 322 g/mol. The first-order valence-corrected chi connectivity index (χ1v) is 7.84. The van der Waals surface area contributed by atoms with E-state index in [9.17, 15) is 23.6 Å². The summed E-state index contributed by atoms with van der Waals surface area (Å²) < 4.78 is 27.0. The number of sulfonamides is 1. The smallest absolute Gasteiger partial charge is 0.270 e. The van der Waals surface area contributed by atoms with Crippen LogP contribution in [0.15, 0.2) is 53.4 Å². The number of benzene rings is 2. The van der Waals surface area contributed by atoms with Crippen LogP contribution in [0, 0.1) is 10.1 Å². The van der Waals surface area contributed by atoms with Crippen molar-refractivity contribution >= 4 is 21.4 Å². The highest BCUT2D eigenvalue weighted by molar-refractivity contribution is 7.92. The maximum Gasteiger partial charge on any atom is 0.270 e. The van der Waals surface area contributed by atoms with Crippen molar-refractivity contribution in [3.63, 3.8) is 0 Å². The minimum Gasteiger partial charge on any atom is -0.389 e.